The average molecular weight is 241 g/mol. The third-order valence-corrected chi connectivity index (χ3v) is 3.27. The van der Waals surface area contributed by atoms with Crippen LogP contribution < -0.4 is 5.32 Å². The van der Waals surface area contributed by atoms with Gasteiger partial charge < -0.3 is 15.1 Å². The van der Waals surface area contributed by atoms with Crippen molar-refractivity contribution in [2.75, 3.05) is 39.8 Å². The summed E-state index contributed by atoms with van der Waals surface area (Å²) in [4.78, 5) is 16.0. The van der Waals surface area contributed by atoms with E-state index in [1.807, 2.05) is 4.90 Å². The maximum Gasteiger partial charge on any atom is 0.317 e. The molecule has 4 heteroatoms. The lowest BCUT2D eigenvalue weighted by atomic mass is 10.1. The predicted molar refractivity (Wildman–Crippen MR) is 71.2 cm³/mol. The van der Waals surface area contributed by atoms with Crippen molar-refractivity contribution >= 4 is 6.03 Å². The zero-order valence-electron chi connectivity index (χ0n) is 11.5. The molecule has 4 nitrogen and oxygen atoms in total. The summed E-state index contributed by atoms with van der Waals surface area (Å²) in [5.74, 6) is 0.767. The third kappa shape index (κ3) is 5.91. The normalized spacial score (nSPS) is 17.5. The van der Waals surface area contributed by atoms with Crippen molar-refractivity contribution in [2.24, 2.45) is 5.92 Å². The second kappa shape index (κ2) is 7.54. The quantitative estimate of drug-likeness (QED) is 0.745. The van der Waals surface area contributed by atoms with Crippen LogP contribution in [0.25, 0.3) is 0 Å². The first-order valence-electron chi connectivity index (χ1n) is 6.81. The van der Waals surface area contributed by atoms with E-state index >= 15 is 0 Å². The Morgan fingerprint density at radius 2 is 1.82 bits per heavy atom. The summed E-state index contributed by atoms with van der Waals surface area (Å²) in [5.41, 5.74) is 0. The van der Waals surface area contributed by atoms with Crippen LogP contribution in [0.2, 0.25) is 0 Å². The number of unbranched alkanes of at least 4 members (excludes halogenated alkanes) is 1. The number of carbonyl (C=O) groups is 1. The molecule has 0 aromatic carbocycles. The number of nitrogens with one attached hydrogen (secondary N) is 1. The van der Waals surface area contributed by atoms with E-state index in [4.69, 9.17) is 0 Å². The molecule has 0 aromatic rings. The third-order valence-electron chi connectivity index (χ3n) is 3.27. The molecule has 0 saturated carbocycles. The van der Waals surface area contributed by atoms with Gasteiger partial charge in [-0.2, -0.15) is 0 Å². The number of piperazine rings is 1. The molecule has 1 heterocycles. The second-order valence-corrected chi connectivity index (χ2v) is 5.41. The van der Waals surface area contributed by atoms with Gasteiger partial charge in [-0.1, -0.05) is 26.7 Å². The van der Waals surface area contributed by atoms with Gasteiger partial charge in [-0.3, -0.25) is 0 Å². The Morgan fingerprint density at radius 1 is 1.18 bits per heavy atom. The minimum Gasteiger partial charge on any atom is -0.338 e. The molecular formula is C13H27N3O. The van der Waals surface area contributed by atoms with E-state index < -0.39 is 0 Å². The SMILES string of the molecule is CC(C)CCCCNC(=O)N1CCN(C)CC1. The highest BCUT2D eigenvalue weighted by Gasteiger charge is 2.17. The van der Waals surface area contributed by atoms with Gasteiger partial charge in [0.05, 0.1) is 0 Å². The molecule has 2 amide bonds. The molecule has 0 spiro atoms. The summed E-state index contributed by atoms with van der Waals surface area (Å²) in [6.07, 6.45) is 3.56. The fraction of sp³-hybridized carbons (Fsp3) is 0.923. The number of likely N-dealkylation sites (N-methyl/N-ethyl adjacent to an activating group) is 1. The lowest BCUT2D eigenvalue weighted by Gasteiger charge is -2.32. The van der Waals surface area contributed by atoms with Gasteiger partial charge in [-0.25, -0.2) is 4.79 Å². The number of nitrogens with zero attached hydrogens (tertiary/aromatic N) is 2. The molecule has 1 fully saturated rings. The van der Waals surface area contributed by atoms with Crippen LogP contribution in [0.4, 0.5) is 4.79 Å². The van der Waals surface area contributed by atoms with Crippen molar-refractivity contribution in [1.82, 2.24) is 15.1 Å². The molecule has 1 rings (SSSR count). The Bertz CT molecular complexity index is 223. The van der Waals surface area contributed by atoms with Crippen LogP contribution in [0.15, 0.2) is 0 Å². The molecule has 0 radical (unpaired) electrons. The number of hydrogen-bond donors (Lipinski definition) is 1. The van der Waals surface area contributed by atoms with Gasteiger partial charge >= 0.3 is 6.03 Å². The highest BCUT2D eigenvalue weighted by atomic mass is 16.2. The van der Waals surface area contributed by atoms with Crippen molar-refractivity contribution in [3.05, 3.63) is 0 Å². The van der Waals surface area contributed by atoms with Crippen molar-refractivity contribution in [2.45, 2.75) is 33.1 Å². The van der Waals surface area contributed by atoms with Gasteiger partial charge in [0.2, 0.25) is 0 Å². The monoisotopic (exact) mass is 241 g/mol. The molecule has 0 atom stereocenters. The fourth-order valence-corrected chi connectivity index (χ4v) is 1.99. The number of amides is 2. The Hall–Kier alpha value is -0.770. The minimum absolute atomic E-state index is 0.114. The maximum absolute atomic E-state index is 11.8. The van der Waals surface area contributed by atoms with Gasteiger partial charge in [-0.05, 0) is 19.4 Å². The summed E-state index contributed by atoms with van der Waals surface area (Å²) in [6, 6.07) is 0.114. The molecule has 17 heavy (non-hydrogen) atoms. The second-order valence-electron chi connectivity index (χ2n) is 5.41. The average Bonchev–Trinajstić information content (AvgIpc) is 2.29. The van der Waals surface area contributed by atoms with E-state index in [1.54, 1.807) is 0 Å². The number of rotatable bonds is 5. The van der Waals surface area contributed by atoms with E-state index in [9.17, 15) is 4.79 Å². The lowest BCUT2D eigenvalue weighted by molar-refractivity contribution is 0.154. The first-order chi connectivity index (χ1) is 8.09. The molecule has 1 N–H and O–H groups in total. The van der Waals surface area contributed by atoms with Gasteiger partial charge in [0, 0.05) is 32.7 Å². The first-order valence-corrected chi connectivity index (χ1v) is 6.81. The van der Waals surface area contributed by atoms with Gasteiger partial charge in [0.15, 0.2) is 0 Å². The van der Waals surface area contributed by atoms with Crippen LogP contribution in [0, 0.1) is 5.92 Å². The zero-order valence-corrected chi connectivity index (χ0v) is 11.5. The highest BCUT2D eigenvalue weighted by Crippen LogP contribution is 2.05. The maximum atomic E-state index is 11.8. The lowest BCUT2D eigenvalue weighted by Crippen LogP contribution is -2.50. The predicted octanol–water partition coefficient (Wildman–Crippen LogP) is 1.77. The fourth-order valence-electron chi connectivity index (χ4n) is 1.99. The van der Waals surface area contributed by atoms with Gasteiger partial charge in [0.25, 0.3) is 0 Å². The molecule has 0 aliphatic carbocycles. The molecule has 0 aromatic heterocycles. The molecule has 0 bridgehead atoms. The van der Waals surface area contributed by atoms with E-state index in [2.05, 4.69) is 31.1 Å². The molecular weight excluding hydrogens is 214 g/mol. The van der Waals surface area contributed by atoms with Crippen molar-refractivity contribution < 1.29 is 4.79 Å². The number of urea groups is 1. The van der Waals surface area contributed by atoms with Crippen LogP contribution in [0.3, 0.4) is 0 Å². The topological polar surface area (TPSA) is 35.6 Å². The standard InChI is InChI=1S/C13H27N3O/c1-12(2)6-4-5-7-14-13(17)16-10-8-15(3)9-11-16/h12H,4-11H2,1-3H3,(H,14,17). The summed E-state index contributed by atoms with van der Waals surface area (Å²) in [6.45, 7) is 8.98. The van der Waals surface area contributed by atoms with Crippen LogP contribution in [0.5, 0.6) is 0 Å². The first kappa shape index (κ1) is 14.3. The molecule has 100 valence electrons. The molecule has 1 aliphatic heterocycles. The smallest absolute Gasteiger partial charge is 0.317 e. The van der Waals surface area contributed by atoms with Gasteiger partial charge in [-0.15, -0.1) is 0 Å². The summed E-state index contributed by atoms with van der Waals surface area (Å²) >= 11 is 0. The van der Waals surface area contributed by atoms with Crippen molar-refractivity contribution in [3.63, 3.8) is 0 Å². The number of hydrogen-bond acceptors (Lipinski definition) is 2. The summed E-state index contributed by atoms with van der Waals surface area (Å²) in [5, 5.41) is 3.01. The van der Waals surface area contributed by atoms with E-state index in [1.165, 1.54) is 12.8 Å². The minimum atomic E-state index is 0.114. The van der Waals surface area contributed by atoms with Crippen LogP contribution in [-0.2, 0) is 0 Å². The molecule has 1 saturated heterocycles. The van der Waals surface area contributed by atoms with E-state index in [0.29, 0.717) is 0 Å². The molecule has 1 aliphatic rings. The van der Waals surface area contributed by atoms with E-state index in [-0.39, 0.29) is 6.03 Å². The Balaban J connectivity index is 2.05. The summed E-state index contributed by atoms with van der Waals surface area (Å²) in [7, 11) is 2.10. The number of carbonyl (C=O) groups excluding carboxylic acids is 1. The van der Waals surface area contributed by atoms with Crippen molar-refractivity contribution in [3.8, 4) is 0 Å². The Kier molecular flexibility index (Phi) is 6.34. The zero-order chi connectivity index (χ0) is 12.7. The van der Waals surface area contributed by atoms with Crippen LogP contribution in [-0.4, -0.2) is 55.6 Å². The van der Waals surface area contributed by atoms with E-state index in [0.717, 1.165) is 45.1 Å². The Morgan fingerprint density at radius 3 is 2.41 bits per heavy atom. The van der Waals surface area contributed by atoms with Crippen LogP contribution in [0.1, 0.15) is 33.1 Å². The molecule has 0 unspecified atom stereocenters. The summed E-state index contributed by atoms with van der Waals surface area (Å²) < 4.78 is 0. The largest absolute Gasteiger partial charge is 0.338 e. The Labute approximate surface area is 105 Å². The van der Waals surface area contributed by atoms with Gasteiger partial charge in [0.1, 0.15) is 0 Å². The highest BCUT2D eigenvalue weighted by molar-refractivity contribution is 5.74. The van der Waals surface area contributed by atoms with Crippen LogP contribution >= 0.6 is 0 Å². The van der Waals surface area contributed by atoms with Crippen molar-refractivity contribution in [1.29, 1.82) is 0 Å².